The van der Waals surface area contributed by atoms with Crippen molar-refractivity contribution in [3.63, 3.8) is 0 Å². The van der Waals surface area contributed by atoms with Crippen molar-refractivity contribution in [3.05, 3.63) is 24.3 Å². The van der Waals surface area contributed by atoms with Crippen molar-refractivity contribution in [2.75, 3.05) is 6.54 Å². The van der Waals surface area contributed by atoms with Gasteiger partial charge in [0.1, 0.15) is 0 Å². The number of furan rings is 1. The Morgan fingerprint density at radius 1 is 1.33 bits per heavy atom. The maximum Gasteiger partial charge on any atom is 0.303 e. The largest absolute Gasteiger partial charge is 0.481 e. The molecule has 2 heterocycles. The molecule has 0 saturated carbocycles. The molecule has 0 aliphatic heterocycles. The number of aryl methyl sites for hydroxylation is 1. The van der Waals surface area contributed by atoms with E-state index in [9.17, 15) is 9.59 Å². The van der Waals surface area contributed by atoms with Crippen molar-refractivity contribution in [2.45, 2.75) is 25.7 Å². The molecule has 2 N–H and O–H groups in total. The van der Waals surface area contributed by atoms with Crippen LogP contribution < -0.4 is 5.32 Å². The number of rotatable bonds is 8. The molecular formula is C13H15N3O5. The lowest BCUT2D eigenvalue weighted by Gasteiger charge is -2.02. The van der Waals surface area contributed by atoms with Gasteiger partial charge < -0.3 is 19.4 Å². The van der Waals surface area contributed by atoms with Gasteiger partial charge in [0.05, 0.1) is 6.26 Å². The fourth-order valence-corrected chi connectivity index (χ4v) is 1.64. The zero-order valence-electron chi connectivity index (χ0n) is 11.2. The van der Waals surface area contributed by atoms with Crippen molar-refractivity contribution in [2.24, 2.45) is 0 Å². The van der Waals surface area contributed by atoms with Crippen LogP contribution in [-0.4, -0.2) is 33.7 Å². The second-order valence-electron chi connectivity index (χ2n) is 4.34. The van der Waals surface area contributed by atoms with Crippen LogP contribution in [0.2, 0.25) is 0 Å². The minimum atomic E-state index is -0.874. The predicted octanol–water partition coefficient (Wildman–Crippen LogP) is 1.24. The van der Waals surface area contributed by atoms with Crippen LogP contribution in [0, 0.1) is 0 Å². The summed E-state index contributed by atoms with van der Waals surface area (Å²) in [5, 5.41) is 14.9. The average Bonchev–Trinajstić information content (AvgIpc) is 3.11. The number of carboxylic acid groups (broad SMARTS) is 1. The van der Waals surface area contributed by atoms with Gasteiger partial charge in [0.25, 0.3) is 0 Å². The molecule has 0 unspecified atom stereocenters. The van der Waals surface area contributed by atoms with E-state index in [1.165, 1.54) is 6.26 Å². The van der Waals surface area contributed by atoms with E-state index in [2.05, 4.69) is 15.5 Å². The van der Waals surface area contributed by atoms with E-state index in [4.69, 9.17) is 14.0 Å². The van der Waals surface area contributed by atoms with Gasteiger partial charge in [-0.15, -0.1) is 0 Å². The molecule has 0 aromatic carbocycles. The Kier molecular flexibility index (Phi) is 5.08. The number of hydrogen-bond donors (Lipinski definition) is 2. The number of hydrogen-bond acceptors (Lipinski definition) is 6. The van der Waals surface area contributed by atoms with Crippen LogP contribution >= 0.6 is 0 Å². The van der Waals surface area contributed by atoms with E-state index in [0.717, 1.165) is 0 Å². The molecule has 21 heavy (non-hydrogen) atoms. The first-order chi connectivity index (χ1) is 10.1. The standard InChI is InChI=1S/C13H15N3O5/c17-10(14-7-1-4-12(18)19)5-6-11-15-13(16-21-11)9-3-2-8-20-9/h2-3,8H,1,4-7H2,(H,14,17)(H,18,19). The third-order valence-electron chi connectivity index (χ3n) is 2.67. The average molecular weight is 293 g/mol. The normalized spacial score (nSPS) is 10.5. The van der Waals surface area contributed by atoms with Crippen LogP contribution in [0.3, 0.4) is 0 Å². The van der Waals surface area contributed by atoms with E-state index >= 15 is 0 Å². The first kappa shape index (κ1) is 14.8. The molecule has 2 rings (SSSR count). The number of carbonyl (C=O) groups is 2. The second kappa shape index (κ2) is 7.22. The number of aliphatic carboxylic acids is 1. The number of nitrogens with one attached hydrogen (secondary N) is 1. The SMILES string of the molecule is O=C(O)CCCNC(=O)CCc1nc(-c2ccco2)no1. The predicted molar refractivity (Wildman–Crippen MR) is 70.2 cm³/mol. The molecule has 112 valence electrons. The Labute approximate surface area is 120 Å². The van der Waals surface area contributed by atoms with E-state index < -0.39 is 5.97 Å². The fraction of sp³-hybridized carbons (Fsp3) is 0.385. The zero-order chi connectivity index (χ0) is 15.1. The van der Waals surface area contributed by atoms with Gasteiger partial charge in [-0.3, -0.25) is 9.59 Å². The summed E-state index contributed by atoms with van der Waals surface area (Å²) in [6.45, 7) is 0.340. The Balaban J connectivity index is 1.71. The topological polar surface area (TPSA) is 118 Å². The van der Waals surface area contributed by atoms with E-state index in [0.29, 0.717) is 36.9 Å². The first-order valence-electron chi connectivity index (χ1n) is 6.50. The maximum atomic E-state index is 11.5. The van der Waals surface area contributed by atoms with Gasteiger partial charge in [0.15, 0.2) is 5.76 Å². The quantitative estimate of drug-likeness (QED) is 0.703. The summed E-state index contributed by atoms with van der Waals surface area (Å²) in [4.78, 5) is 26.0. The highest BCUT2D eigenvalue weighted by molar-refractivity contribution is 5.76. The van der Waals surface area contributed by atoms with E-state index in [-0.39, 0.29) is 18.7 Å². The smallest absolute Gasteiger partial charge is 0.303 e. The lowest BCUT2D eigenvalue weighted by molar-refractivity contribution is -0.137. The summed E-state index contributed by atoms with van der Waals surface area (Å²) in [5.41, 5.74) is 0. The molecule has 2 aromatic heterocycles. The number of aromatic nitrogens is 2. The molecule has 1 amide bonds. The van der Waals surface area contributed by atoms with Gasteiger partial charge in [-0.25, -0.2) is 0 Å². The Bertz CT molecular complexity index is 591. The molecule has 0 radical (unpaired) electrons. The minimum Gasteiger partial charge on any atom is -0.481 e. The minimum absolute atomic E-state index is 0.0381. The molecule has 8 nitrogen and oxygen atoms in total. The molecule has 2 aromatic rings. The van der Waals surface area contributed by atoms with Crippen LogP contribution in [0.5, 0.6) is 0 Å². The summed E-state index contributed by atoms with van der Waals surface area (Å²) >= 11 is 0. The highest BCUT2D eigenvalue weighted by Gasteiger charge is 2.12. The highest BCUT2D eigenvalue weighted by atomic mass is 16.5. The Hall–Kier alpha value is -2.64. The van der Waals surface area contributed by atoms with Crippen LogP contribution in [0.25, 0.3) is 11.6 Å². The van der Waals surface area contributed by atoms with Crippen molar-refractivity contribution < 1.29 is 23.6 Å². The lowest BCUT2D eigenvalue weighted by atomic mass is 10.2. The maximum absolute atomic E-state index is 11.5. The summed E-state index contributed by atoms with van der Waals surface area (Å²) in [7, 11) is 0. The van der Waals surface area contributed by atoms with Gasteiger partial charge in [-0.05, 0) is 18.6 Å². The lowest BCUT2D eigenvalue weighted by Crippen LogP contribution is -2.25. The third kappa shape index (κ3) is 4.75. The van der Waals surface area contributed by atoms with Crippen LogP contribution in [0.4, 0.5) is 0 Å². The molecule has 0 spiro atoms. The van der Waals surface area contributed by atoms with Crippen LogP contribution in [-0.2, 0) is 16.0 Å². The number of carbonyl (C=O) groups excluding carboxylic acids is 1. The molecule has 0 aliphatic rings. The van der Waals surface area contributed by atoms with E-state index in [1.54, 1.807) is 12.1 Å². The summed E-state index contributed by atoms with van der Waals surface area (Å²) in [5.74, 6) is 0.140. The summed E-state index contributed by atoms with van der Waals surface area (Å²) in [6, 6.07) is 3.43. The van der Waals surface area contributed by atoms with Crippen LogP contribution in [0.1, 0.15) is 25.2 Å². The molecule has 8 heteroatoms. The molecule has 0 atom stereocenters. The summed E-state index contributed by atoms with van der Waals surface area (Å²) < 4.78 is 10.1. The van der Waals surface area contributed by atoms with Gasteiger partial charge in [0, 0.05) is 25.8 Å². The third-order valence-corrected chi connectivity index (χ3v) is 2.67. The number of carboxylic acids is 1. The van der Waals surface area contributed by atoms with Crippen molar-refractivity contribution in [1.29, 1.82) is 0 Å². The number of amides is 1. The highest BCUT2D eigenvalue weighted by Crippen LogP contribution is 2.16. The van der Waals surface area contributed by atoms with E-state index in [1.807, 2.05) is 0 Å². The Morgan fingerprint density at radius 2 is 2.19 bits per heavy atom. The second-order valence-corrected chi connectivity index (χ2v) is 4.34. The van der Waals surface area contributed by atoms with Crippen molar-refractivity contribution >= 4 is 11.9 Å². The molecule has 0 fully saturated rings. The molecular weight excluding hydrogens is 278 g/mol. The van der Waals surface area contributed by atoms with Gasteiger partial charge >= 0.3 is 5.97 Å². The molecule has 0 saturated heterocycles. The molecule has 0 aliphatic carbocycles. The Morgan fingerprint density at radius 3 is 2.90 bits per heavy atom. The number of nitrogens with zero attached hydrogens (tertiary/aromatic N) is 2. The first-order valence-corrected chi connectivity index (χ1v) is 6.50. The van der Waals surface area contributed by atoms with Gasteiger partial charge in [-0.1, -0.05) is 5.16 Å². The van der Waals surface area contributed by atoms with Crippen molar-refractivity contribution in [3.8, 4) is 11.6 Å². The van der Waals surface area contributed by atoms with Gasteiger partial charge in [-0.2, -0.15) is 4.98 Å². The van der Waals surface area contributed by atoms with Crippen LogP contribution in [0.15, 0.2) is 27.3 Å². The van der Waals surface area contributed by atoms with Crippen molar-refractivity contribution in [1.82, 2.24) is 15.5 Å². The molecule has 0 bridgehead atoms. The van der Waals surface area contributed by atoms with Gasteiger partial charge in [0.2, 0.25) is 17.6 Å². The fourth-order valence-electron chi connectivity index (χ4n) is 1.64. The summed E-state index contributed by atoms with van der Waals surface area (Å²) in [6.07, 6.45) is 2.47. The monoisotopic (exact) mass is 293 g/mol. The zero-order valence-corrected chi connectivity index (χ0v) is 11.2.